The highest BCUT2D eigenvalue weighted by atomic mass is 32.2. The van der Waals surface area contributed by atoms with E-state index in [4.69, 9.17) is 0 Å². The zero-order valence-electron chi connectivity index (χ0n) is 13.3. The maximum absolute atomic E-state index is 12.6. The van der Waals surface area contributed by atoms with Gasteiger partial charge in [0.2, 0.25) is 11.1 Å². The number of tetrazole rings is 1. The number of hydrogen-bond acceptors (Lipinski definition) is 6. The molecular weight excluding hydrogens is 312 g/mol. The largest absolute Gasteiger partial charge is 0.311 e. The minimum atomic E-state index is -0.126. The maximum Gasteiger partial charge on any atom is 0.240 e. The number of aromatic nitrogens is 4. The van der Waals surface area contributed by atoms with Crippen molar-refractivity contribution in [2.45, 2.75) is 23.4 Å². The van der Waals surface area contributed by atoms with E-state index in [1.165, 1.54) is 11.8 Å². The fourth-order valence-corrected chi connectivity index (χ4v) is 3.51. The molecule has 1 aliphatic rings. The lowest BCUT2D eigenvalue weighted by Gasteiger charge is -2.16. The highest BCUT2D eigenvalue weighted by Crippen LogP contribution is 2.31. The van der Waals surface area contributed by atoms with Crippen molar-refractivity contribution < 1.29 is 4.79 Å². The monoisotopic (exact) mass is 332 g/mol. The molecule has 122 valence electrons. The molecule has 1 aromatic carbocycles. The Labute approximate surface area is 139 Å². The summed E-state index contributed by atoms with van der Waals surface area (Å²) in [6.07, 6.45) is 0.804. The summed E-state index contributed by atoms with van der Waals surface area (Å²) in [5.74, 6) is 0.128. The van der Waals surface area contributed by atoms with E-state index >= 15 is 0 Å². The lowest BCUT2D eigenvalue weighted by Crippen LogP contribution is -2.28. The molecule has 1 fully saturated rings. The van der Waals surface area contributed by atoms with Crippen molar-refractivity contribution >= 4 is 23.4 Å². The number of carbonyl (C=O) groups is 1. The quantitative estimate of drug-likeness (QED) is 0.790. The van der Waals surface area contributed by atoms with Crippen molar-refractivity contribution in [3.8, 4) is 0 Å². The van der Waals surface area contributed by atoms with E-state index in [2.05, 4.69) is 20.4 Å². The lowest BCUT2D eigenvalue weighted by atomic mass is 10.3. The minimum absolute atomic E-state index is 0.126. The van der Waals surface area contributed by atoms with Gasteiger partial charge in [0.05, 0.1) is 11.8 Å². The third-order valence-electron chi connectivity index (χ3n) is 3.73. The van der Waals surface area contributed by atoms with Crippen LogP contribution in [0.2, 0.25) is 0 Å². The van der Waals surface area contributed by atoms with E-state index in [9.17, 15) is 4.79 Å². The van der Waals surface area contributed by atoms with Gasteiger partial charge in [-0.25, -0.2) is 4.68 Å². The van der Waals surface area contributed by atoms with Gasteiger partial charge in [-0.3, -0.25) is 4.79 Å². The van der Waals surface area contributed by atoms with Gasteiger partial charge in [-0.15, -0.1) is 5.10 Å². The highest BCUT2D eigenvalue weighted by molar-refractivity contribution is 8.00. The van der Waals surface area contributed by atoms with Crippen molar-refractivity contribution in [1.82, 2.24) is 25.1 Å². The maximum atomic E-state index is 12.6. The number of amides is 1. The summed E-state index contributed by atoms with van der Waals surface area (Å²) in [5.41, 5.74) is 0.952. The Balaban J connectivity index is 1.66. The molecule has 0 saturated carbocycles. The molecule has 0 radical (unpaired) electrons. The Kier molecular flexibility index (Phi) is 4.92. The summed E-state index contributed by atoms with van der Waals surface area (Å²) in [4.78, 5) is 16.5. The number of nitrogens with zero attached hydrogens (tertiary/aromatic N) is 6. The van der Waals surface area contributed by atoms with Crippen LogP contribution in [0.4, 0.5) is 5.69 Å². The van der Waals surface area contributed by atoms with Gasteiger partial charge in [0, 0.05) is 18.8 Å². The first-order chi connectivity index (χ1) is 11.1. The predicted molar refractivity (Wildman–Crippen MR) is 89.4 cm³/mol. The topological polar surface area (TPSA) is 67.2 Å². The first-order valence-corrected chi connectivity index (χ1v) is 8.47. The summed E-state index contributed by atoms with van der Waals surface area (Å²) in [5, 5.41) is 12.4. The summed E-state index contributed by atoms with van der Waals surface area (Å²) in [7, 11) is 4.02. The first-order valence-electron chi connectivity index (χ1n) is 7.59. The molecular formula is C15H20N6OS. The number of hydrogen-bond donors (Lipinski definition) is 0. The first kappa shape index (κ1) is 15.9. The molecule has 1 aromatic heterocycles. The van der Waals surface area contributed by atoms with Crippen LogP contribution < -0.4 is 4.90 Å². The second-order valence-electron chi connectivity index (χ2n) is 5.71. The van der Waals surface area contributed by atoms with E-state index in [0.717, 1.165) is 25.2 Å². The van der Waals surface area contributed by atoms with Crippen LogP contribution in [-0.2, 0) is 11.3 Å². The predicted octanol–water partition coefficient (Wildman–Crippen LogP) is 1.13. The summed E-state index contributed by atoms with van der Waals surface area (Å²) >= 11 is 1.46. The molecule has 1 atom stereocenters. The molecule has 0 aliphatic carbocycles. The van der Waals surface area contributed by atoms with E-state index < -0.39 is 0 Å². The number of rotatable bonds is 6. The van der Waals surface area contributed by atoms with Crippen molar-refractivity contribution in [2.24, 2.45) is 0 Å². The molecule has 2 aromatic rings. The zero-order chi connectivity index (χ0) is 16.2. The Morgan fingerprint density at radius 1 is 1.30 bits per heavy atom. The summed E-state index contributed by atoms with van der Waals surface area (Å²) in [6.45, 7) is 2.30. The van der Waals surface area contributed by atoms with Gasteiger partial charge in [-0.1, -0.05) is 30.0 Å². The number of carbonyl (C=O) groups excluding carboxylic acids is 1. The molecule has 1 aliphatic heterocycles. The van der Waals surface area contributed by atoms with Crippen LogP contribution in [0, 0.1) is 0 Å². The Morgan fingerprint density at radius 2 is 2.09 bits per heavy atom. The Hall–Kier alpha value is -1.93. The van der Waals surface area contributed by atoms with Crippen LogP contribution in [0.3, 0.4) is 0 Å². The molecule has 23 heavy (non-hydrogen) atoms. The molecule has 1 saturated heterocycles. The third-order valence-corrected chi connectivity index (χ3v) is 4.96. The van der Waals surface area contributed by atoms with Crippen LogP contribution in [0.5, 0.6) is 0 Å². The standard InChI is InChI=1S/C15H20N6OS/c1-19(2)10-11-21-15(16-17-18-21)23-13-8-9-20(14(13)22)12-6-4-3-5-7-12/h3-7,13H,8-11H2,1-2H3. The molecule has 2 heterocycles. The molecule has 1 amide bonds. The Bertz CT molecular complexity index is 659. The Morgan fingerprint density at radius 3 is 2.83 bits per heavy atom. The van der Waals surface area contributed by atoms with Crippen LogP contribution in [0.1, 0.15) is 6.42 Å². The fourth-order valence-electron chi connectivity index (χ4n) is 2.47. The van der Waals surface area contributed by atoms with E-state index in [0.29, 0.717) is 11.7 Å². The van der Waals surface area contributed by atoms with Crippen molar-refractivity contribution in [2.75, 3.05) is 32.1 Å². The average Bonchev–Trinajstić information content (AvgIpc) is 3.14. The van der Waals surface area contributed by atoms with Crippen molar-refractivity contribution in [1.29, 1.82) is 0 Å². The molecule has 1 unspecified atom stereocenters. The van der Waals surface area contributed by atoms with Gasteiger partial charge >= 0.3 is 0 Å². The number of anilines is 1. The second kappa shape index (κ2) is 7.10. The van der Waals surface area contributed by atoms with Crippen LogP contribution in [0.15, 0.2) is 35.5 Å². The summed E-state index contributed by atoms with van der Waals surface area (Å²) in [6, 6.07) is 9.78. The normalized spacial score (nSPS) is 18.1. The van der Waals surface area contributed by atoms with Gasteiger partial charge in [0.25, 0.3) is 0 Å². The summed E-state index contributed by atoms with van der Waals surface area (Å²) < 4.78 is 1.77. The SMILES string of the molecule is CN(C)CCn1nnnc1SC1CCN(c2ccccc2)C1=O. The third kappa shape index (κ3) is 3.70. The molecule has 8 heteroatoms. The number of likely N-dealkylation sites (N-methyl/N-ethyl adjacent to an activating group) is 1. The second-order valence-corrected chi connectivity index (χ2v) is 6.88. The molecule has 0 spiro atoms. The van der Waals surface area contributed by atoms with Crippen LogP contribution >= 0.6 is 11.8 Å². The molecule has 0 N–H and O–H groups in total. The smallest absolute Gasteiger partial charge is 0.240 e. The van der Waals surface area contributed by atoms with Gasteiger partial charge in [-0.05, 0) is 43.1 Å². The molecule has 7 nitrogen and oxygen atoms in total. The number of thioether (sulfide) groups is 1. The van der Waals surface area contributed by atoms with Crippen LogP contribution in [0.25, 0.3) is 0 Å². The zero-order valence-corrected chi connectivity index (χ0v) is 14.1. The number of para-hydroxylation sites is 1. The molecule has 3 rings (SSSR count). The van der Waals surface area contributed by atoms with E-state index in [1.54, 1.807) is 4.68 Å². The van der Waals surface area contributed by atoms with E-state index in [1.807, 2.05) is 49.3 Å². The van der Waals surface area contributed by atoms with Gasteiger partial charge < -0.3 is 9.80 Å². The van der Waals surface area contributed by atoms with Gasteiger partial charge in [-0.2, -0.15) is 0 Å². The van der Waals surface area contributed by atoms with Crippen molar-refractivity contribution in [3.05, 3.63) is 30.3 Å². The van der Waals surface area contributed by atoms with Crippen molar-refractivity contribution in [3.63, 3.8) is 0 Å². The highest BCUT2D eigenvalue weighted by Gasteiger charge is 2.34. The van der Waals surface area contributed by atoms with Gasteiger partial charge in [0.1, 0.15) is 0 Å². The average molecular weight is 332 g/mol. The number of benzene rings is 1. The van der Waals surface area contributed by atoms with Gasteiger partial charge in [0.15, 0.2) is 0 Å². The minimum Gasteiger partial charge on any atom is -0.311 e. The molecule has 0 bridgehead atoms. The lowest BCUT2D eigenvalue weighted by molar-refractivity contribution is -0.116. The van der Waals surface area contributed by atoms with Crippen LogP contribution in [-0.4, -0.2) is 63.4 Å². The fraction of sp³-hybridized carbons (Fsp3) is 0.467. The van der Waals surface area contributed by atoms with E-state index in [-0.39, 0.29) is 11.2 Å².